The zero-order valence-corrected chi connectivity index (χ0v) is 16.0. The Morgan fingerprint density at radius 1 is 0.929 bits per heavy atom. The molecule has 0 heterocycles. The van der Waals surface area contributed by atoms with Gasteiger partial charge in [-0.3, -0.25) is 24.5 Å². The second-order valence-electron chi connectivity index (χ2n) is 6.59. The Morgan fingerprint density at radius 3 is 1.86 bits per heavy atom. The van der Waals surface area contributed by atoms with Crippen LogP contribution in [0.5, 0.6) is 0 Å². The zero-order valence-electron chi connectivity index (χ0n) is 16.0. The summed E-state index contributed by atoms with van der Waals surface area (Å²) in [6.07, 6.45) is -10.4. The average molecular weight is 417 g/mol. The van der Waals surface area contributed by atoms with Crippen molar-refractivity contribution in [3.8, 4) is 0 Å². The Kier molecular flexibility index (Phi) is 11.2. The maximum Gasteiger partial charge on any atom is 0.395 e. The summed E-state index contributed by atoms with van der Waals surface area (Å²) >= 11 is 0. The Labute approximate surface area is 159 Å². The average Bonchev–Trinajstić information content (AvgIpc) is 2.47. The lowest BCUT2D eigenvalue weighted by atomic mass is 10.2. The second kappa shape index (κ2) is 11.9. The predicted octanol–water partition coefficient (Wildman–Crippen LogP) is 3.66. The van der Waals surface area contributed by atoms with E-state index in [9.17, 15) is 35.9 Å². The number of hydrogen-bond acceptors (Lipinski definition) is 5. The molecule has 0 aromatic heterocycles. The number of Topliss-reactive ketones (excluding diaryl/α,β-unsaturated/α-hetero) is 2. The van der Waals surface area contributed by atoms with E-state index in [1.165, 1.54) is 6.21 Å². The number of carbonyl (C=O) groups is 2. The molecule has 0 aliphatic rings. The van der Waals surface area contributed by atoms with Crippen LogP contribution in [-0.4, -0.2) is 73.5 Å². The molecule has 162 valence electrons. The first-order chi connectivity index (χ1) is 12.7. The predicted molar refractivity (Wildman–Crippen MR) is 94.0 cm³/mol. The monoisotopic (exact) mass is 417 g/mol. The van der Waals surface area contributed by atoms with Gasteiger partial charge in [0.25, 0.3) is 0 Å². The summed E-state index contributed by atoms with van der Waals surface area (Å²) in [5, 5.41) is 0. The molecule has 0 rings (SSSR count). The van der Waals surface area contributed by atoms with Crippen LogP contribution in [-0.2, 0) is 9.59 Å². The molecule has 0 aromatic carbocycles. The lowest BCUT2D eigenvalue weighted by Gasteiger charge is -2.25. The standard InChI is InChI=1S/C17H25F6N3O2/c1-12(25-7-5-15(28)9-17(21,22)23)11-26(3)13(2)10-24-6-4-14(27)8-16(18,19)20/h6-7,12-13H,4-5,8-11H2,1-3H3. The van der Waals surface area contributed by atoms with Crippen LogP contribution >= 0.6 is 0 Å². The number of likely N-dealkylation sites (N-methyl/N-ethyl adjacent to an activating group) is 1. The van der Waals surface area contributed by atoms with Crippen molar-refractivity contribution in [2.24, 2.45) is 9.98 Å². The molecule has 0 spiro atoms. The van der Waals surface area contributed by atoms with E-state index in [-0.39, 0.29) is 31.5 Å². The van der Waals surface area contributed by atoms with Crippen molar-refractivity contribution < 1.29 is 35.9 Å². The zero-order chi connectivity index (χ0) is 22.0. The van der Waals surface area contributed by atoms with E-state index < -0.39 is 36.8 Å². The highest BCUT2D eigenvalue weighted by Crippen LogP contribution is 2.20. The highest BCUT2D eigenvalue weighted by atomic mass is 19.4. The van der Waals surface area contributed by atoms with Crippen molar-refractivity contribution in [2.45, 2.75) is 64.0 Å². The van der Waals surface area contributed by atoms with E-state index in [1.807, 2.05) is 11.8 Å². The van der Waals surface area contributed by atoms with Gasteiger partial charge >= 0.3 is 12.4 Å². The topological polar surface area (TPSA) is 62.1 Å². The third-order valence-electron chi connectivity index (χ3n) is 3.60. The molecular formula is C17H25F6N3O2. The van der Waals surface area contributed by atoms with E-state index in [0.29, 0.717) is 6.54 Å². The number of halogens is 6. The minimum absolute atomic E-state index is 0.0986. The van der Waals surface area contributed by atoms with Gasteiger partial charge in [-0.05, 0) is 20.9 Å². The fraction of sp³-hybridized carbons (Fsp3) is 0.765. The fourth-order valence-electron chi connectivity index (χ4n) is 2.10. The van der Waals surface area contributed by atoms with Gasteiger partial charge < -0.3 is 0 Å². The lowest BCUT2D eigenvalue weighted by molar-refractivity contribution is -0.153. The molecule has 5 nitrogen and oxygen atoms in total. The van der Waals surface area contributed by atoms with E-state index >= 15 is 0 Å². The van der Waals surface area contributed by atoms with Crippen molar-refractivity contribution in [3.05, 3.63) is 0 Å². The molecule has 0 aliphatic heterocycles. The number of hydrogen-bond donors (Lipinski definition) is 0. The largest absolute Gasteiger partial charge is 0.395 e. The normalized spacial score (nSPS) is 15.5. The Balaban J connectivity index is 4.20. The van der Waals surface area contributed by atoms with E-state index in [0.717, 1.165) is 6.21 Å². The molecule has 2 unspecified atom stereocenters. The molecule has 0 radical (unpaired) electrons. The third kappa shape index (κ3) is 15.3. The quantitative estimate of drug-likeness (QED) is 0.360. The van der Waals surface area contributed by atoms with Gasteiger partial charge in [-0.25, -0.2) is 0 Å². The van der Waals surface area contributed by atoms with Gasteiger partial charge in [-0.1, -0.05) is 0 Å². The van der Waals surface area contributed by atoms with Gasteiger partial charge in [0.15, 0.2) is 0 Å². The molecule has 28 heavy (non-hydrogen) atoms. The van der Waals surface area contributed by atoms with Crippen LogP contribution in [0.3, 0.4) is 0 Å². The van der Waals surface area contributed by atoms with Crippen molar-refractivity contribution in [2.75, 3.05) is 20.1 Å². The SMILES string of the molecule is CC(CN(C)C(C)CN=CCC(=O)CC(F)(F)F)N=CCC(=O)CC(F)(F)F. The van der Waals surface area contributed by atoms with Gasteiger partial charge in [0.1, 0.15) is 24.4 Å². The van der Waals surface area contributed by atoms with Crippen molar-refractivity contribution in [1.29, 1.82) is 0 Å². The van der Waals surface area contributed by atoms with Crippen molar-refractivity contribution in [3.63, 3.8) is 0 Å². The van der Waals surface area contributed by atoms with Crippen LogP contribution in [0.15, 0.2) is 9.98 Å². The highest BCUT2D eigenvalue weighted by Gasteiger charge is 2.31. The van der Waals surface area contributed by atoms with Crippen LogP contribution < -0.4 is 0 Å². The first kappa shape index (κ1) is 26.2. The first-order valence-corrected chi connectivity index (χ1v) is 8.56. The van der Waals surface area contributed by atoms with Crippen molar-refractivity contribution in [1.82, 2.24) is 4.90 Å². The first-order valence-electron chi connectivity index (χ1n) is 8.56. The number of ketones is 2. The fourth-order valence-corrected chi connectivity index (χ4v) is 2.10. The van der Waals surface area contributed by atoms with Gasteiger partial charge in [0, 0.05) is 37.9 Å². The summed E-state index contributed by atoms with van der Waals surface area (Å²) in [4.78, 5) is 32.0. The maximum absolute atomic E-state index is 12.0. The van der Waals surface area contributed by atoms with Crippen LogP contribution in [0, 0.1) is 0 Å². The van der Waals surface area contributed by atoms with Crippen molar-refractivity contribution >= 4 is 24.0 Å². The second-order valence-corrected chi connectivity index (χ2v) is 6.59. The minimum Gasteiger partial charge on any atom is -0.300 e. The van der Waals surface area contributed by atoms with Gasteiger partial charge in [0.05, 0.1) is 12.6 Å². The molecule has 0 fully saturated rings. The van der Waals surface area contributed by atoms with Crippen LogP contribution in [0.4, 0.5) is 26.3 Å². The number of aliphatic imine (C=N–C) groups is 2. The molecule has 0 saturated heterocycles. The highest BCUT2D eigenvalue weighted by molar-refractivity contribution is 5.92. The van der Waals surface area contributed by atoms with Crippen LogP contribution in [0.1, 0.15) is 39.5 Å². The number of alkyl halides is 6. The van der Waals surface area contributed by atoms with Gasteiger partial charge in [-0.2, -0.15) is 26.3 Å². The molecule has 0 saturated carbocycles. The van der Waals surface area contributed by atoms with Crippen LogP contribution in [0.25, 0.3) is 0 Å². The lowest BCUT2D eigenvalue weighted by Crippen LogP contribution is -2.36. The minimum atomic E-state index is -4.52. The molecule has 0 bridgehead atoms. The van der Waals surface area contributed by atoms with E-state index in [2.05, 4.69) is 9.98 Å². The number of carbonyl (C=O) groups excluding carboxylic acids is 2. The summed E-state index contributed by atoms with van der Waals surface area (Å²) in [5.41, 5.74) is 0. The summed E-state index contributed by atoms with van der Waals surface area (Å²) < 4.78 is 72.2. The number of rotatable bonds is 12. The van der Waals surface area contributed by atoms with E-state index in [4.69, 9.17) is 0 Å². The molecule has 0 N–H and O–H groups in total. The molecule has 0 aliphatic carbocycles. The summed E-state index contributed by atoms with van der Waals surface area (Å²) in [6, 6.07) is -0.373. The third-order valence-corrected chi connectivity index (χ3v) is 3.60. The molecule has 2 atom stereocenters. The molecule has 11 heteroatoms. The van der Waals surface area contributed by atoms with Crippen LogP contribution in [0.2, 0.25) is 0 Å². The smallest absolute Gasteiger partial charge is 0.300 e. The van der Waals surface area contributed by atoms with Gasteiger partial charge in [-0.15, -0.1) is 0 Å². The van der Waals surface area contributed by atoms with E-state index in [1.54, 1.807) is 14.0 Å². The summed E-state index contributed by atoms with van der Waals surface area (Å²) in [5.74, 6) is -1.92. The maximum atomic E-state index is 12.0. The molecule has 0 aromatic rings. The number of nitrogens with zero attached hydrogens (tertiary/aromatic N) is 3. The van der Waals surface area contributed by atoms with Gasteiger partial charge in [0.2, 0.25) is 0 Å². The Bertz CT molecular complexity index is 558. The molecule has 0 amide bonds. The molecular weight excluding hydrogens is 392 g/mol. The summed E-state index contributed by atoms with van der Waals surface area (Å²) in [7, 11) is 1.76. The Hall–Kier alpha value is -1.78. The summed E-state index contributed by atoms with van der Waals surface area (Å²) in [6.45, 7) is 4.25. The Morgan fingerprint density at radius 2 is 1.39 bits per heavy atom.